The largest absolute Gasteiger partial charge is 0.392 e. The van der Waals surface area contributed by atoms with E-state index in [1.54, 1.807) is 16.7 Å². The van der Waals surface area contributed by atoms with Crippen molar-refractivity contribution in [2.45, 2.75) is 105 Å². The van der Waals surface area contributed by atoms with E-state index in [1.165, 1.54) is 56.9 Å². The van der Waals surface area contributed by atoms with Gasteiger partial charge in [0.2, 0.25) is 0 Å². The number of fused-ring (bicyclic) bond motifs is 4. The predicted octanol–water partition coefficient (Wildman–Crippen LogP) is 7.37. The second kappa shape index (κ2) is 7.46. The summed E-state index contributed by atoms with van der Waals surface area (Å²) in [5.41, 5.74) is 6.86. The van der Waals surface area contributed by atoms with Crippen LogP contribution in [0.1, 0.15) is 98.8 Å². The van der Waals surface area contributed by atoms with Crippen molar-refractivity contribution in [2.75, 3.05) is 0 Å². The Morgan fingerprint density at radius 2 is 2.00 bits per heavy atom. The van der Waals surface area contributed by atoms with E-state index in [1.807, 2.05) is 0 Å². The zero-order valence-corrected chi connectivity index (χ0v) is 19.0. The topological polar surface area (TPSA) is 20.2 Å². The van der Waals surface area contributed by atoms with Gasteiger partial charge < -0.3 is 5.11 Å². The Kier molecular flexibility index (Phi) is 5.45. The minimum atomic E-state index is -0.164. The zero-order valence-electron chi connectivity index (χ0n) is 19.0. The Bertz CT molecular complexity index is 706. The molecule has 156 valence electrons. The maximum absolute atomic E-state index is 11.0. The maximum Gasteiger partial charge on any atom is 0.0668 e. The van der Waals surface area contributed by atoms with Crippen LogP contribution >= 0.6 is 0 Å². The fourth-order valence-corrected chi connectivity index (χ4v) is 7.78. The van der Waals surface area contributed by atoms with Crippen molar-refractivity contribution in [3.05, 3.63) is 34.4 Å². The van der Waals surface area contributed by atoms with Gasteiger partial charge in [-0.2, -0.15) is 0 Å². The van der Waals surface area contributed by atoms with E-state index >= 15 is 0 Å². The lowest BCUT2D eigenvalue weighted by atomic mass is 9.52. The highest BCUT2D eigenvalue weighted by molar-refractivity contribution is 5.44. The van der Waals surface area contributed by atoms with Gasteiger partial charge in [0.05, 0.1) is 6.10 Å². The molecule has 0 spiro atoms. The fraction of sp³-hybridized carbons (Fsp3) is 0.778. The van der Waals surface area contributed by atoms with Crippen LogP contribution in [0.25, 0.3) is 0 Å². The highest BCUT2D eigenvalue weighted by Crippen LogP contribution is 2.64. The van der Waals surface area contributed by atoms with E-state index in [4.69, 9.17) is 0 Å². The first-order valence-electron chi connectivity index (χ1n) is 12.0. The number of rotatable bonds is 4. The summed E-state index contributed by atoms with van der Waals surface area (Å²) in [5, 5.41) is 11.0. The molecule has 0 saturated heterocycles. The molecular weight excluding hydrogens is 340 g/mol. The average molecular weight is 383 g/mol. The van der Waals surface area contributed by atoms with E-state index in [9.17, 15) is 5.11 Å². The van der Waals surface area contributed by atoms with Crippen LogP contribution in [-0.2, 0) is 0 Å². The van der Waals surface area contributed by atoms with E-state index in [0.29, 0.717) is 5.41 Å². The van der Waals surface area contributed by atoms with Crippen LogP contribution in [0.5, 0.6) is 0 Å². The molecule has 4 aliphatic carbocycles. The molecule has 0 heterocycles. The molecule has 2 fully saturated rings. The molecule has 6 atom stereocenters. The van der Waals surface area contributed by atoms with Gasteiger partial charge in [0, 0.05) is 5.41 Å². The van der Waals surface area contributed by atoms with Gasteiger partial charge in [0.25, 0.3) is 0 Å². The summed E-state index contributed by atoms with van der Waals surface area (Å²) in [7, 11) is 0. The molecule has 28 heavy (non-hydrogen) atoms. The Labute approximate surface area is 173 Å². The van der Waals surface area contributed by atoms with Gasteiger partial charge in [-0.15, -0.1) is 0 Å². The molecular formula is C27H42O. The molecule has 0 radical (unpaired) electrons. The van der Waals surface area contributed by atoms with Crippen LogP contribution in [0.3, 0.4) is 0 Å². The molecule has 1 N–H and O–H groups in total. The highest BCUT2D eigenvalue weighted by Gasteiger charge is 2.55. The van der Waals surface area contributed by atoms with E-state index in [0.717, 1.165) is 30.6 Å². The van der Waals surface area contributed by atoms with Crippen molar-refractivity contribution in [1.29, 1.82) is 0 Å². The fourth-order valence-electron chi connectivity index (χ4n) is 7.78. The Morgan fingerprint density at radius 3 is 2.75 bits per heavy atom. The van der Waals surface area contributed by atoms with Crippen LogP contribution < -0.4 is 0 Å². The number of allylic oxidation sites excluding steroid dienone is 4. The lowest BCUT2D eigenvalue weighted by molar-refractivity contribution is 0.0410. The summed E-state index contributed by atoms with van der Waals surface area (Å²) in [6, 6.07) is 0. The lowest BCUT2D eigenvalue weighted by Crippen LogP contribution is -2.45. The van der Waals surface area contributed by atoms with Gasteiger partial charge in [-0.25, -0.2) is 0 Å². The summed E-state index contributed by atoms with van der Waals surface area (Å²) < 4.78 is 0. The molecule has 1 unspecified atom stereocenters. The normalized spacial score (nSPS) is 40.9. The highest BCUT2D eigenvalue weighted by atomic mass is 16.3. The quantitative estimate of drug-likeness (QED) is 0.503. The minimum absolute atomic E-state index is 0.0414. The van der Waals surface area contributed by atoms with Gasteiger partial charge in [0.1, 0.15) is 0 Å². The molecule has 0 aromatic heterocycles. The third kappa shape index (κ3) is 3.08. The summed E-state index contributed by atoms with van der Waals surface area (Å²) >= 11 is 0. The average Bonchev–Trinajstić information content (AvgIpc) is 3.00. The smallest absolute Gasteiger partial charge is 0.0668 e. The number of aliphatic hydroxyl groups is 1. The molecule has 0 aliphatic heterocycles. The van der Waals surface area contributed by atoms with Crippen molar-refractivity contribution in [1.82, 2.24) is 0 Å². The second-order valence-electron chi connectivity index (χ2n) is 11.1. The first-order chi connectivity index (χ1) is 13.3. The van der Waals surface area contributed by atoms with Crippen molar-refractivity contribution in [3.8, 4) is 0 Å². The summed E-state index contributed by atoms with van der Waals surface area (Å²) in [6.07, 6.45) is 17.2. The Morgan fingerprint density at radius 1 is 1.21 bits per heavy atom. The monoisotopic (exact) mass is 382 g/mol. The number of hydrogen-bond donors (Lipinski definition) is 1. The molecule has 4 aliphatic rings. The lowest BCUT2D eigenvalue weighted by Gasteiger charge is -2.53. The van der Waals surface area contributed by atoms with Crippen LogP contribution in [0.2, 0.25) is 0 Å². The molecule has 0 amide bonds. The molecule has 0 bridgehead atoms. The van der Waals surface area contributed by atoms with Crippen LogP contribution in [0.15, 0.2) is 34.4 Å². The summed E-state index contributed by atoms with van der Waals surface area (Å²) in [5.74, 6) is 2.45. The van der Waals surface area contributed by atoms with Crippen LogP contribution in [0.4, 0.5) is 0 Å². The Hall–Kier alpha value is -0.820. The second-order valence-corrected chi connectivity index (χ2v) is 11.1. The summed E-state index contributed by atoms with van der Waals surface area (Å²) in [4.78, 5) is 0. The molecule has 1 nitrogen and oxygen atoms in total. The Balaban J connectivity index is 1.58. The molecule has 2 saturated carbocycles. The van der Waals surface area contributed by atoms with Gasteiger partial charge in [-0.1, -0.05) is 48.3 Å². The first-order valence-corrected chi connectivity index (χ1v) is 12.0. The minimum Gasteiger partial charge on any atom is -0.392 e. The zero-order chi connectivity index (χ0) is 20.1. The third-order valence-electron chi connectivity index (χ3n) is 9.45. The standard InChI is InChI=1S/C27H42O/c1-18(2)8-6-9-19(3)22-14-15-23-21-13-12-20-10-7-11-25(28)27(20,5)24(21)16-17-26(22,23)4/h8,12,19,22-23,25,28H,6-7,9-11,13-17H2,1-5H3/t19-,22-,23+,25?,26-,27+/m1/s1. The van der Waals surface area contributed by atoms with Gasteiger partial charge in [0.15, 0.2) is 0 Å². The van der Waals surface area contributed by atoms with Gasteiger partial charge >= 0.3 is 0 Å². The van der Waals surface area contributed by atoms with Gasteiger partial charge in [-0.3, -0.25) is 0 Å². The molecule has 1 heteroatoms. The number of hydrogen-bond acceptors (Lipinski definition) is 1. The molecule has 0 aromatic carbocycles. The molecule has 0 aromatic rings. The summed E-state index contributed by atoms with van der Waals surface area (Å²) in [6.45, 7) is 11.9. The number of aliphatic hydroxyl groups excluding tert-OH is 1. The van der Waals surface area contributed by atoms with Gasteiger partial charge in [-0.05, 0) is 108 Å². The maximum atomic E-state index is 11.0. The molecule has 4 rings (SSSR count). The van der Waals surface area contributed by atoms with E-state index in [-0.39, 0.29) is 11.5 Å². The van der Waals surface area contributed by atoms with E-state index in [2.05, 4.69) is 46.8 Å². The predicted molar refractivity (Wildman–Crippen MR) is 119 cm³/mol. The van der Waals surface area contributed by atoms with E-state index < -0.39 is 0 Å². The van der Waals surface area contributed by atoms with Crippen molar-refractivity contribution in [2.24, 2.45) is 28.6 Å². The van der Waals surface area contributed by atoms with Crippen LogP contribution in [0, 0.1) is 28.6 Å². The van der Waals surface area contributed by atoms with Crippen molar-refractivity contribution in [3.63, 3.8) is 0 Å². The first kappa shape index (κ1) is 20.5. The van der Waals surface area contributed by atoms with Crippen molar-refractivity contribution >= 4 is 0 Å². The van der Waals surface area contributed by atoms with Crippen molar-refractivity contribution < 1.29 is 5.11 Å². The van der Waals surface area contributed by atoms with Crippen LogP contribution in [-0.4, -0.2) is 11.2 Å². The third-order valence-corrected chi connectivity index (χ3v) is 9.45. The SMILES string of the molecule is CC(C)=CCC[C@@H](C)[C@H]1CC[C@H]2C3=C(CC[C@]12C)[C@]1(C)C(=CC3)CCCC1O.